The lowest BCUT2D eigenvalue weighted by molar-refractivity contribution is 0.234. The second-order valence-corrected chi connectivity index (χ2v) is 7.01. The molecule has 0 aromatic heterocycles. The molecule has 0 saturated heterocycles. The molecule has 7 heteroatoms. The fourth-order valence-corrected chi connectivity index (χ4v) is 3.79. The number of aliphatic hydroxyl groups excluding tert-OH is 1. The third-order valence-electron chi connectivity index (χ3n) is 3.82. The van der Waals surface area contributed by atoms with Crippen LogP contribution >= 0.6 is 0 Å². The largest absolute Gasteiger partial charge is 0.395 e. The summed E-state index contributed by atoms with van der Waals surface area (Å²) in [6, 6.07) is 5.88. The highest BCUT2D eigenvalue weighted by Gasteiger charge is 2.32. The molecule has 0 atom stereocenters. The number of hydrogen-bond acceptors (Lipinski definition) is 4. The van der Waals surface area contributed by atoms with Crippen LogP contribution in [0.25, 0.3) is 0 Å². The van der Waals surface area contributed by atoms with Crippen molar-refractivity contribution in [2.75, 3.05) is 18.1 Å². The maximum atomic E-state index is 12.8. The summed E-state index contributed by atoms with van der Waals surface area (Å²) < 4.78 is 49.4. The fraction of sp³-hybridized carbons (Fsp3) is 0.571. The molecule has 1 aromatic rings. The van der Waals surface area contributed by atoms with E-state index in [9.17, 15) is 22.3 Å². The van der Waals surface area contributed by atoms with Crippen molar-refractivity contribution in [3.05, 3.63) is 24.3 Å². The van der Waals surface area contributed by atoms with Gasteiger partial charge in [-0.2, -0.15) is 8.78 Å². The van der Waals surface area contributed by atoms with Crippen molar-refractivity contribution in [3.63, 3.8) is 0 Å². The SMILES string of the molecule is O=S(=O)(c1ccccc1N(CCO)C1CCCC1)C(F)F. The highest BCUT2D eigenvalue weighted by Crippen LogP contribution is 2.34. The van der Waals surface area contributed by atoms with E-state index >= 15 is 0 Å². The Bertz CT molecular complexity index is 571. The molecule has 1 aromatic carbocycles. The number of sulfone groups is 1. The van der Waals surface area contributed by atoms with E-state index in [4.69, 9.17) is 0 Å². The summed E-state index contributed by atoms with van der Waals surface area (Å²) in [5.74, 6) is -3.45. The Morgan fingerprint density at radius 1 is 1.24 bits per heavy atom. The van der Waals surface area contributed by atoms with E-state index < -0.39 is 15.6 Å². The van der Waals surface area contributed by atoms with Crippen LogP contribution in [0.3, 0.4) is 0 Å². The van der Waals surface area contributed by atoms with Crippen molar-refractivity contribution in [3.8, 4) is 0 Å². The average Bonchev–Trinajstić information content (AvgIpc) is 2.98. The molecule has 0 radical (unpaired) electrons. The summed E-state index contributed by atoms with van der Waals surface area (Å²) in [4.78, 5) is 1.39. The van der Waals surface area contributed by atoms with Gasteiger partial charge in [-0.05, 0) is 25.0 Å². The Morgan fingerprint density at radius 2 is 1.86 bits per heavy atom. The van der Waals surface area contributed by atoms with Gasteiger partial charge < -0.3 is 10.0 Å². The zero-order valence-corrected chi connectivity index (χ0v) is 12.4. The average molecular weight is 319 g/mol. The topological polar surface area (TPSA) is 57.6 Å². The molecule has 1 aliphatic carbocycles. The molecule has 1 fully saturated rings. The van der Waals surface area contributed by atoms with Crippen molar-refractivity contribution < 1.29 is 22.3 Å². The van der Waals surface area contributed by atoms with Gasteiger partial charge in [0.1, 0.15) is 0 Å². The minimum atomic E-state index is -4.66. The van der Waals surface area contributed by atoms with Gasteiger partial charge in [0.15, 0.2) is 0 Å². The van der Waals surface area contributed by atoms with E-state index in [1.54, 1.807) is 11.0 Å². The number of hydrogen-bond donors (Lipinski definition) is 1. The molecule has 0 amide bonds. The predicted molar refractivity (Wildman–Crippen MR) is 76.3 cm³/mol. The second kappa shape index (κ2) is 6.70. The van der Waals surface area contributed by atoms with Crippen LogP contribution in [0.2, 0.25) is 0 Å². The zero-order chi connectivity index (χ0) is 15.5. The van der Waals surface area contributed by atoms with Gasteiger partial charge >= 0.3 is 5.76 Å². The molecule has 4 nitrogen and oxygen atoms in total. The van der Waals surface area contributed by atoms with Gasteiger partial charge in [0.2, 0.25) is 9.84 Å². The summed E-state index contributed by atoms with van der Waals surface area (Å²) in [7, 11) is -4.66. The predicted octanol–water partition coefficient (Wildman–Crippen LogP) is 2.42. The Balaban J connectivity index is 2.46. The number of para-hydroxylation sites is 1. The highest BCUT2D eigenvalue weighted by atomic mass is 32.2. The van der Waals surface area contributed by atoms with Gasteiger partial charge in [-0.3, -0.25) is 0 Å². The number of aliphatic hydroxyl groups is 1. The van der Waals surface area contributed by atoms with Crippen molar-refractivity contribution in [2.24, 2.45) is 0 Å². The molecule has 1 saturated carbocycles. The summed E-state index contributed by atoms with van der Waals surface area (Å²) >= 11 is 0. The summed E-state index contributed by atoms with van der Waals surface area (Å²) in [6.07, 6.45) is 3.80. The van der Waals surface area contributed by atoms with Crippen LogP contribution in [0.1, 0.15) is 25.7 Å². The molecule has 1 N–H and O–H groups in total. The molecule has 0 spiro atoms. The quantitative estimate of drug-likeness (QED) is 0.875. The molecule has 21 heavy (non-hydrogen) atoms. The standard InChI is InChI=1S/C14H19F2NO3S/c15-14(16)21(19,20)13-8-4-3-7-12(13)17(9-10-18)11-5-1-2-6-11/h3-4,7-8,11,14,18H,1-2,5-6,9-10H2. The Hall–Kier alpha value is -1.21. The van der Waals surface area contributed by atoms with Crippen molar-refractivity contribution in [1.82, 2.24) is 0 Å². The van der Waals surface area contributed by atoms with Crippen molar-refractivity contribution in [1.29, 1.82) is 0 Å². The summed E-state index contributed by atoms with van der Waals surface area (Å²) in [5, 5.41) is 9.22. The van der Waals surface area contributed by atoms with Crippen molar-refractivity contribution >= 4 is 15.5 Å². The first-order valence-corrected chi connectivity index (χ1v) is 8.51. The number of anilines is 1. The molecule has 118 valence electrons. The summed E-state index contributed by atoms with van der Waals surface area (Å²) in [6.45, 7) is 0.0833. The third-order valence-corrected chi connectivity index (χ3v) is 5.25. The van der Waals surface area contributed by atoms with Crippen LogP contribution < -0.4 is 4.90 Å². The normalized spacial score (nSPS) is 16.6. The second-order valence-electron chi connectivity index (χ2n) is 5.13. The van der Waals surface area contributed by atoms with Gasteiger partial charge in [-0.1, -0.05) is 25.0 Å². The summed E-state index contributed by atoms with van der Waals surface area (Å²) in [5.41, 5.74) is 0.263. The van der Waals surface area contributed by atoms with E-state index in [1.807, 2.05) is 0 Å². The minimum absolute atomic E-state index is 0.0890. The van der Waals surface area contributed by atoms with Gasteiger partial charge in [-0.25, -0.2) is 8.42 Å². The molecular formula is C14H19F2NO3S. The maximum Gasteiger partial charge on any atom is 0.341 e. The number of nitrogens with zero attached hydrogens (tertiary/aromatic N) is 1. The van der Waals surface area contributed by atoms with Gasteiger partial charge in [0.25, 0.3) is 0 Å². The minimum Gasteiger partial charge on any atom is -0.395 e. The Morgan fingerprint density at radius 3 is 2.43 bits per heavy atom. The number of alkyl halides is 2. The molecule has 1 aliphatic rings. The molecule has 0 aliphatic heterocycles. The van der Waals surface area contributed by atoms with Gasteiger partial charge in [0.05, 0.1) is 17.2 Å². The van der Waals surface area contributed by atoms with Crippen LogP contribution in [0.4, 0.5) is 14.5 Å². The van der Waals surface area contributed by atoms with Crippen LogP contribution in [0, 0.1) is 0 Å². The van der Waals surface area contributed by atoms with E-state index in [2.05, 4.69) is 0 Å². The molecule has 2 rings (SSSR count). The number of rotatable bonds is 6. The smallest absolute Gasteiger partial charge is 0.341 e. The highest BCUT2D eigenvalue weighted by molar-refractivity contribution is 7.91. The molecule has 0 heterocycles. The van der Waals surface area contributed by atoms with E-state index in [0.717, 1.165) is 25.7 Å². The van der Waals surface area contributed by atoms with Crippen molar-refractivity contribution in [2.45, 2.75) is 42.4 Å². The first-order chi connectivity index (χ1) is 9.98. The molecular weight excluding hydrogens is 300 g/mol. The Labute approximate surface area is 123 Å². The van der Waals surface area contributed by atoms with Crippen LogP contribution in [-0.2, 0) is 9.84 Å². The van der Waals surface area contributed by atoms with E-state index in [-0.39, 0.29) is 29.8 Å². The fourth-order valence-electron chi connectivity index (χ4n) is 2.85. The van der Waals surface area contributed by atoms with Gasteiger partial charge in [0, 0.05) is 12.6 Å². The third kappa shape index (κ3) is 3.35. The van der Waals surface area contributed by atoms with E-state index in [0.29, 0.717) is 0 Å². The Kier molecular flexibility index (Phi) is 5.16. The molecule has 0 bridgehead atoms. The van der Waals surface area contributed by atoms with Gasteiger partial charge in [-0.15, -0.1) is 0 Å². The van der Waals surface area contributed by atoms with Crippen LogP contribution in [-0.4, -0.2) is 38.5 Å². The lowest BCUT2D eigenvalue weighted by Gasteiger charge is -2.32. The monoisotopic (exact) mass is 319 g/mol. The lowest BCUT2D eigenvalue weighted by atomic mass is 10.1. The first-order valence-electron chi connectivity index (χ1n) is 6.97. The zero-order valence-electron chi connectivity index (χ0n) is 11.6. The maximum absolute atomic E-state index is 12.8. The van der Waals surface area contributed by atoms with E-state index in [1.165, 1.54) is 18.2 Å². The lowest BCUT2D eigenvalue weighted by Crippen LogP contribution is -2.36. The number of halogens is 2. The first kappa shape index (κ1) is 16.2. The number of benzene rings is 1. The van der Waals surface area contributed by atoms with Crippen LogP contribution in [0.5, 0.6) is 0 Å². The molecule has 0 unspecified atom stereocenters. The van der Waals surface area contributed by atoms with Crippen LogP contribution in [0.15, 0.2) is 29.2 Å².